The molecular weight excluding hydrogens is 186 g/mol. The van der Waals surface area contributed by atoms with Crippen LogP contribution in [0, 0.1) is 5.92 Å². The Morgan fingerprint density at radius 1 is 1.36 bits per heavy atom. The Kier molecular flexibility index (Phi) is 4.26. The van der Waals surface area contributed by atoms with Crippen LogP contribution in [-0.4, -0.2) is 37.0 Å². The summed E-state index contributed by atoms with van der Waals surface area (Å²) in [5.74, 6) is -1.97. The minimum absolute atomic E-state index is 0.00794. The summed E-state index contributed by atoms with van der Waals surface area (Å²) in [4.78, 5) is 2.11. The lowest BCUT2D eigenvalue weighted by molar-refractivity contribution is -0.0572. The number of likely N-dealkylation sites (tertiary alicyclic amines) is 1. The number of nitrogens with two attached hydrogens (primary N) is 1. The zero-order chi connectivity index (χ0) is 10.6. The Bertz CT molecular complexity index is 160. The van der Waals surface area contributed by atoms with E-state index in [0.717, 1.165) is 13.0 Å². The third kappa shape index (κ3) is 3.50. The Morgan fingerprint density at radius 3 is 2.36 bits per heavy atom. The molecule has 14 heavy (non-hydrogen) atoms. The van der Waals surface area contributed by atoms with Crippen LogP contribution in [0.4, 0.5) is 8.78 Å². The second kappa shape index (κ2) is 5.03. The molecule has 0 aromatic heterocycles. The molecule has 2 nitrogen and oxygen atoms in total. The molecule has 1 unspecified atom stereocenters. The minimum Gasteiger partial charge on any atom is -0.330 e. The maximum atomic E-state index is 12.8. The quantitative estimate of drug-likeness (QED) is 0.758. The maximum absolute atomic E-state index is 12.8. The summed E-state index contributed by atoms with van der Waals surface area (Å²) in [6.07, 6.45) is 1.05. The molecule has 0 aromatic carbocycles. The van der Waals surface area contributed by atoms with E-state index in [-0.39, 0.29) is 12.8 Å². The van der Waals surface area contributed by atoms with Gasteiger partial charge in [-0.15, -0.1) is 0 Å². The molecule has 1 aliphatic rings. The number of halogens is 2. The van der Waals surface area contributed by atoms with Gasteiger partial charge in [-0.05, 0) is 12.5 Å². The van der Waals surface area contributed by atoms with Gasteiger partial charge in [-0.3, -0.25) is 0 Å². The van der Waals surface area contributed by atoms with E-state index in [1.54, 1.807) is 0 Å². The van der Waals surface area contributed by atoms with Crippen molar-refractivity contribution >= 4 is 0 Å². The zero-order valence-corrected chi connectivity index (χ0v) is 8.81. The van der Waals surface area contributed by atoms with Crippen molar-refractivity contribution in [2.45, 2.75) is 32.1 Å². The first-order valence-electron chi connectivity index (χ1n) is 5.37. The summed E-state index contributed by atoms with van der Waals surface area (Å²) in [5.41, 5.74) is 5.58. The molecule has 1 rings (SSSR count). The van der Waals surface area contributed by atoms with Gasteiger partial charge in [-0.2, -0.15) is 0 Å². The van der Waals surface area contributed by atoms with Gasteiger partial charge in [0.05, 0.1) is 0 Å². The van der Waals surface area contributed by atoms with Gasteiger partial charge in [0.1, 0.15) is 0 Å². The molecule has 84 valence electrons. The standard InChI is InChI=1S/C10H20F2N2/c1-2-9(7-13)8-14-5-3-10(11,12)4-6-14/h9H,2-8,13H2,1H3. The molecule has 1 aliphatic heterocycles. The van der Waals surface area contributed by atoms with Crippen molar-refractivity contribution in [1.29, 1.82) is 0 Å². The van der Waals surface area contributed by atoms with Crippen LogP contribution in [0.25, 0.3) is 0 Å². The monoisotopic (exact) mass is 206 g/mol. The topological polar surface area (TPSA) is 29.3 Å². The van der Waals surface area contributed by atoms with Gasteiger partial charge in [0.25, 0.3) is 5.92 Å². The lowest BCUT2D eigenvalue weighted by Gasteiger charge is -2.33. The van der Waals surface area contributed by atoms with E-state index in [4.69, 9.17) is 5.73 Å². The van der Waals surface area contributed by atoms with Gasteiger partial charge < -0.3 is 10.6 Å². The number of nitrogens with zero attached hydrogens (tertiary/aromatic N) is 1. The maximum Gasteiger partial charge on any atom is 0.250 e. The zero-order valence-electron chi connectivity index (χ0n) is 8.81. The summed E-state index contributed by atoms with van der Waals surface area (Å²) < 4.78 is 25.7. The lowest BCUT2D eigenvalue weighted by Crippen LogP contribution is -2.42. The van der Waals surface area contributed by atoms with Crippen molar-refractivity contribution in [1.82, 2.24) is 4.90 Å². The summed E-state index contributed by atoms with van der Waals surface area (Å²) in [7, 11) is 0. The van der Waals surface area contributed by atoms with Gasteiger partial charge in [0, 0.05) is 32.5 Å². The van der Waals surface area contributed by atoms with Gasteiger partial charge >= 0.3 is 0 Å². The SMILES string of the molecule is CCC(CN)CN1CCC(F)(F)CC1. The summed E-state index contributed by atoms with van der Waals surface area (Å²) in [6, 6.07) is 0. The molecule has 1 saturated heterocycles. The molecule has 1 atom stereocenters. The first kappa shape index (κ1) is 11.9. The Labute approximate surface area is 84.4 Å². The third-order valence-electron chi connectivity index (χ3n) is 3.01. The van der Waals surface area contributed by atoms with E-state index in [2.05, 4.69) is 11.8 Å². The number of piperidine rings is 1. The number of rotatable bonds is 4. The van der Waals surface area contributed by atoms with Crippen molar-refractivity contribution in [3.63, 3.8) is 0 Å². The molecule has 0 aliphatic carbocycles. The highest BCUT2D eigenvalue weighted by Gasteiger charge is 2.34. The molecule has 0 amide bonds. The summed E-state index contributed by atoms with van der Waals surface area (Å²) in [5, 5.41) is 0. The fourth-order valence-corrected chi connectivity index (χ4v) is 1.80. The highest BCUT2D eigenvalue weighted by Crippen LogP contribution is 2.27. The highest BCUT2D eigenvalue weighted by atomic mass is 19.3. The van der Waals surface area contributed by atoms with Gasteiger partial charge in [-0.25, -0.2) is 8.78 Å². The Balaban J connectivity index is 2.28. The van der Waals surface area contributed by atoms with E-state index in [1.807, 2.05) is 0 Å². The molecule has 0 bridgehead atoms. The average molecular weight is 206 g/mol. The molecule has 1 fully saturated rings. The van der Waals surface area contributed by atoms with Crippen molar-refractivity contribution in [3.05, 3.63) is 0 Å². The molecule has 0 spiro atoms. The van der Waals surface area contributed by atoms with Crippen LogP contribution >= 0.6 is 0 Å². The molecule has 4 heteroatoms. The van der Waals surface area contributed by atoms with Crippen LogP contribution in [0.1, 0.15) is 26.2 Å². The van der Waals surface area contributed by atoms with Crippen molar-refractivity contribution in [2.24, 2.45) is 11.7 Å². The first-order valence-corrected chi connectivity index (χ1v) is 5.37. The van der Waals surface area contributed by atoms with Crippen LogP contribution in [0.15, 0.2) is 0 Å². The van der Waals surface area contributed by atoms with Crippen molar-refractivity contribution in [3.8, 4) is 0 Å². The normalized spacial score (nSPS) is 24.9. The fraction of sp³-hybridized carbons (Fsp3) is 1.00. The second-order valence-corrected chi connectivity index (χ2v) is 4.17. The van der Waals surface area contributed by atoms with E-state index in [9.17, 15) is 8.78 Å². The highest BCUT2D eigenvalue weighted by molar-refractivity contribution is 4.78. The Hall–Kier alpha value is -0.220. The summed E-state index contributed by atoms with van der Waals surface area (Å²) >= 11 is 0. The lowest BCUT2D eigenvalue weighted by atomic mass is 10.0. The number of hydrogen-bond acceptors (Lipinski definition) is 2. The smallest absolute Gasteiger partial charge is 0.250 e. The molecule has 0 radical (unpaired) electrons. The van der Waals surface area contributed by atoms with Gasteiger partial charge in [0.15, 0.2) is 0 Å². The predicted octanol–water partition coefficient (Wildman–Crippen LogP) is 1.70. The van der Waals surface area contributed by atoms with Crippen LogP contribution in [0.5, 0.6) is 0 Å². The van der Waals surface area contributed by atoms with Crippen LogP contribution in [0.2, 0.25) is 0 Å². The predicted molar refractivity (Wildman–Crippen MR) is 53.5 cm³/mol. The largest absolute Gasteiger partial charge is 0.330 e. The third-order valence-corrected chi connectivity index (χ3v) is 3.01. The van der Waals surface area contributed by atoms with Crippen molar-refractivity contribution in [2.75, 3.05) is 26.2 Å². The molecule has 2 N–H and O–H groups in total. The second-order valence-electron chi connectivity index (χ2n) is 4.17. The van der Waals surface area contributed by atoms with E-state index < -0.39 is 5.92 Å². The molecule has 0 saturated carbocycles. The Morgan fingerprint density at radius 2 is 1.93 bits per heavy atom. The van der Waals surface area contributed by atoms with Gasteiger partial charge in [-0.1, -0.05) is 13.3 Å². The van der Waals surface area contributed by atoms with Crippen LogP contribution < -0.4 is 5.73 Å². The van der Waals surface area contributed by atoms with Crippen molar-refractivity contribution < 1.29 is 8.78 Å². The molecular formula is C10H20F2N2. The van der Waals surface area contributed by atoms with Crippen LogP contribution in [0.3, 0.4) is 0 Å². The van der Waals surface area contributed by atoms with E-state index >= 15 is 0 Å². The number of alkyl halides is 2. The van der Waals surface area contributed by atoms with Gasteiger partial charge in [0.2, 0.25) is 0 Å². The van der Waals surface area contributed by atoms with E-state index in [0.29, 0.717) is 25.6 Å². The molecule has 1 heterocycles. The average Bonchev–Trinajstić information content (AvgIpc) is 2.16. The first-order chi connectivity index (χ1) is 6.57. The number of hydrogen-bond donors (Lipinski definition) is 1. The van der Waals surface area contributed by atoms with E-state index in [1.165, 1.54) is 0 Å². The minimum atomic E-state index is -2.43. The fourth-order valence-electron chi connectivity index (χ4n) is 1.80. The van der Waals surface area contributed by atoms with Crippen LogP contribution in [-0.2, 0) is 0 Å². The molecule has 0 aromatic rings. The summed E-state index contributed by atoms with van der Waals surface area (Å²) in [6.45, 7) is 4.66.